The topological polar surface area (TPSA) is 32.9 Å². The van der Waals surface area contributed by atoms with Gasteiger partial charge in [0.25, 0.3) is 0 Å². The number of fused-ring (bicyclic) bond motifs is 1. The van der Waals surface area contributed by atoms with Crippen molar-refractivity contribution in [3.63, 3.8) is 0 Å². The Labute approximate surface area is 116 Å². The van der Waals surface area contributed by atoms with Gasteiger partial charge in [-0.25, -0.2) is 17.6 Å². The molecule has 0 saturated heterocycles. The van der Waals surface area contributed by atoms with Gasteiger partial charge in [-0.2, -0.15) is 0 Å². The highest BCUT2D eigenvalue weighted by Crippen LogP contribution is 2.33. The fraction of sp³-hybridized carbons (Fsp3) is 0. The first-order chi connectivity index (χ1) is 10.0. The summed E-state index contributed by atoms with van der Waals surface area (Å²) < 4.78 is 54.1. The molecule has 0 saturated carbocycles. The fourth-order valence-corrected chi connectivity index (χ4v) is 2.26. The summed E-state index contributed by atoms with van der Waals surface area (Å²) in [6, 6.07) is 5.48. The van der Waals surface area contributed by atoms with Gasteiger partial charge in [-0.1, -0.05) is 6.07 Å². The number of aromatic nitrogens is 1. The van der Waals surface area contributed by atoms with E-state index >= 15 is 0 Å². The fourth-order valence-electron chi connectivity index (χ4n) is 2.26. The maximum absolute atomic E-state index is 13.8. The van der Waals surface area contributed by atoms with Crippen molar-refractivity contribution >= 4 is 17.2 Å². The monoisotopic (exact) mass is 293 g/mol. The predicted molar refractivity (Wildman–Crippen MR) is 69.0 cm³/mol. The summed E-state index contributed by atoms with van der Waals surface area (Å²) in [5.74, 6) is -4.56. The van der Waals surface area contributed by atoms with Crippen LogP contribution in [-0.4, -0.2) is 11.3 Å². The van der Waals surface area contributed by atoms with Crippen LogP contribution in [0.2, 0.25) is 0 Å². The summed E-state index contributed by atoms with van der Waals surface area (Å²) in [4.78, 5) is 13.7. The molecule has 1 heterocycles. The van der Waals surface area contributed by atoms with E-state index in [1.165, 1.54) is 18.2 Å². The van der Waals surface area contributed by atoms with E-state index in [1.807, 2.05) is 0 Å². The molecular weight excluding hydrogens is 286 g/mol. The van der Waals surface area contributed by atoms with Crippen molar-refractivity contribution in [3.05, 3.63) is 59.2 Å². The molecule has 0 atom stereocenters. The quantitative estimate of drug-likeness (QED) is 0.557. The van der Waals surface area contributed by atoms with Crippen LogP contribution in [0.15, 0.2) is 30.3 Å². The summed E-state index contributed by atoms with van der Waals surface area (Å²) in [7, 11) is 0. The molecule has 0 bridgehead atoms. The molecule has 2 nitrogen and oxygen atoms in total. The largest absolute Gasteiger partial charge is 0.351 e. The Kier molecular flexibility index (Phi) is 3.01. The van der Waals surface area contributed by atoms with Gasteiger partial charge in [0.2, 0.25) is 0 Å². The van der Waals surface area contributed by atoms with Crippen molar-refractivity contribution < 1.29 is 22.4 Å². The maximum atomic E-state index is 13.8. The lowest BCUT2D eigenvalue weighted by Gasteiger charge is -2.02. The second-order valence-corrected chi connectivity index (χ2v) is 4.42. The van der Waals surface area contributed by atoms with Crippen LogP contribution in [-0.2, 0) is 0 Å². The highest BCUT2D eigenvalue weighted by atomic mass is 19.2. The Hall–Kier alpha value is -2.63. The summed E-state index contributed by atoms with van der Waals surface area (Å²) in [6.07, 6.45) is 0.385. The van der Waals surface area contributed by atoms with Crippen LogP contribution in [0.1, 0.15) is 10.4 Å². The average molecular weight is 293 g/mol. The normalized spacial score (nSPS) is 11.0. The summed E-state index contributed by atoms with van der Waals surface area (Å²) in [5.41, 5.74) is -0.654. The number of halogens is 4. The van der Waals surface area contributed by atoms with Gasteiger partial charge in [0.15, 0.2) is 29.6 Å². The standard InChI is InChI=1S/C15H7F4NO/c16-10-3-1-2-8(12(10)18)14-9(6-21)7-4-5-11(17)13(19)15(7)20-14/h1-6,20H. The third kappa shape index (κ3) is 1.91. The zero-order chi connectivity index (χ0) is 15.1. The van der Waals surface area contributed by atoms with Crippen LogP contribution in [0.5, 0.6) is 0 Å². The maximum Gasteiger partial charge on any atom is 0.182 e. The van der Waals surface area contributed by atoms with Crippen LogP contribution < -0.4 is 0 Å². The number of carbonyl (C=O) groups excluding carboxylic acids is 1. The molecule has 0 unspecified atom stereocenters. The minimum Gasteiger partial charge on any atom is -0.351 e. The lowest BCUT2D eigenvalue weighted by molar-refractivity contribution is 0.112. The molecule has 0 radical (unpaired) electrons. The third-order valence-electron chi connectivity index (χ3n) is 3.24. The van der Waals surface area contributed by atoms with Crippen molar-refractivity contribution in [3.8, 4) is 11.3 Å². The number of hydrogen-bond acceptors (Lipinski definition) is 1. The molecule has 0 fully saturated rings. The first kappa shape index (κ1) is 13.4. The molecule has 1 aromatic heterocycles. The lowest BCUT2D eigenvalue weighted by atomic mass is 10.1. The Balaban J connectivity index is 2.40. The summed E-state index contributed by atoms with van der Waals surface area (Å²) >= 11 is 0. The number of H-pyrrole nitrogens is 1. The number of nitrogens with one attached hydrogen (secondary N) is 1. The van der Waals surface area contributed by atoms with Crippen LogP contribution >= 0.6 is 0 Å². The van der Waals surface area contributed by atoms with Gasteiger partial charge in [0.05, 0.1) is 11.2 Å². The molecule has 106 valence electrons. The zero-order valence-electron chi connectivity index (χ0n) is 10.4. The van der Waals surface area contributed by atoms with Crippen LogP contribution in [0.3, 0.4) is 0 Å². The van der Waals surface area contributed by atoms with E-state index in [4.69, 9.17) is 0 Å². The van der Waals surface area contributed by atoms with Gasteiger partial charge >= 0.3 is 0 Å². The smallest absolute Gasteiger partial charge is 0.182 e. The molecule has 0 amide bonds. The van der Waals surface area contributed by atoms with Crippen molar-refractivity contribution in [1.29, 1.82) is 0 Å². The Morgan fingerprint density at radius 2 is 1.62 bits per heavy atom. The third-order valence-corrected chi connectivity index (χ3v) is 3.24. The molecule has 0 aliphatic heterocycles. The van der Waals surface area contributed by atoms with Gasteiger partial charge in [-0.05, 0) is 24.3 Å². The molecular formula is C15H7F4NO. The highest BCUT2D eigenvalue weighted by molar-refractivity contribution is 6.04. The molecule has 3 rings (SSSR count). The van der Waals surface area contributed by atoms with Gasteiger partial charge in [0.1, 0.15) is 0 Å². The van der Waals surface area contributed by atoms with Crippen LogP contribution in [0, 0.1) is 23.3 Å². The highest BCUT2D eigenvalue weighted by Gasteiger charge is 2.20. The van der Waals surface area contributed by atoms with E-state index in [2.05, 4.69) is 4.98 Å². The van der Waals surface area contributed by atoms with Crippen LogP contribution in [0.4, 0.5) is 17.6 Å². The molecule has 0 spiro atoms. The van der Waals surface area contributed by atoms with Gasteiger partial charge in [0, 0.05) is 16.5 Å². The first-order valence-electron chi connectivity index (χ1n) is 5.94. The second kappa shape index (κ2) is 4.73. The van der Waals surface area contributed by atoms with Crippen molar-refractivity contribution in [2.75, 3.05) is 0 Å². The molecule has 6 heteroatoms. The minimum atomic E-state index is -1.18. The Morgan fingerprint density at radius 1 is 0.905 bits per heavy atom. The molecule has 0 aliphatic carbocycles. The average Bonchev–Trinajstić information content (AvgIpc) is 2.85. The van der Waals surface area contributed by atoms with Gasteiger partial charge in [-0.3, -0.25) is 4.79 Å². The number of carbonyl (C=O) groups is 1. The lowest BCUT2D eigenvalue weighted by Crippen LogP contribution is -1.92. The van der Waals surface area contributed by atoms with Gasteiger partial charge in [-0.15, -0.1) is 0 Å². The van der Waals surface area contributed by atoms with Crippen molar-refractivity contribution in [1.82, 2.24) is 4.98 Å². The van der Waals surface area contributed by atoms with E-state index in [1.54, 1.807) is 0 Å². The number of hydrogen-bond donors (Lipinski definition) is 1. The van der Waals surface area contributed by atoms with Crippen molar-refractivity contribution in [2.24, 2.45) is 0 Å². The Morgan fingerprint density at radius 3 is 2.33 bits per heavy atom. The number of aldehydes is 1. The number of benzene rings is 2. The van der Waals surface area contributed by atoms with Crippen LogP contribution in [0.25, 0.3) is 22.2 Å². The molecule has 0 aliphatic rings. The Bertz CT molecular complexity index is 870. The first-order valence-corrected chi connectivity index (χ1v) is 5.94. The SMILES string of the molecule is O=Cc1c(-c2cccc(F)c2F)[nH]c2c(F)c(F)ccc12. The van der Waals surface area contributed by atoms with Gasteiger partial charge < -0.3 is 4.98 Å². The van der Waals surface area contributed by atoms with E-state index in [0.717, 1.165) is 12.1 Å². The zero-order valence-corrected chi connectivity index (χ0v) is 10.4. The molecule has 1 N–H and O–H groups in total. The molecule has 2 aromatic carbocycles. The van der Waals surface area contributed by atoms with E-state index < -0.39 is 23.3 Å². The summed E-state index contributed by atoms with van der Waals surface area (Å²) in [5, 5.41) is 0.0996. The molecule has 3 aromatic rings. The minimum absolute atomic E-state index is 0.0617. The van der Waals surface area contributed by atoms with E-state index in [-0.39, 0.29) is 27.7 Å². The summed E-state index contributed by atoms with van der Waals surface area (Å²) in [6.45, 7) is 0. The van der Waals surface area contributed by atoms with E-state index in [9.17, 15) is 22.4 Å². The predicted octanol–water partition coefficient (Wildman–Crippen LogP) is 4.20. The second-order valence-electron chi connectivity index (χ2n) is 4.42. The molecule has 21 heavy (non-hydrogen) atoms. The van der Waals surface area contributed by atoms with Crippen molar-refractivity contribution in [2.45, 2.75) is 0 Å². The number of rotatable bonds is 2. The van der Waals surface area contributed by atoms with E-state index in [0.29, 0.717) is 6.29 Å². The number of aromatic amines is 1.